The molecular weight excluding hydrogens is 368 g/mol. The van der Waals surface area contributed by atoms with Crippen LogP contribution in [0.3, 0.4) is 0 Å². The van der Waals surface area contributed by atoms with Crippen molar-refractivity contribution in [2.45, 2.75) is 13.3 Å². The third kappa shape index (κ3) is 4.46. The Labute approximate surface area is 169 Å². The zero-order chi connectivity index (χ0) is 21.0. The van der Waals surface area contributed by atoms with Crippen LogP contribution in [0.25, 0.3) is 16.8 Å². The summed E-state index contributed by atoms with van der Waals surface area (Å²) in [5.74, 6) is -0.735. The Morgan fingerprint density at radius 3 is 2.48 bits per heavy atom. The van der Waals surface area contributed by atoms with Gasteiger partial charge >= 0.3 is 11.9 Å². The van der Waals surface area contributed by atoms with Gasteiger partial charge in [0.15, 0.2) is 0 Å². The average molecular weight is 390 g/mol. The summed E-state index contributed by atoms with van der Waals surface area (Å²) >= 11 is 0. The van der Waals surface area contributed by atoms with Crippen molar-refractivity contribution in [2.75, 3.05) is 14.2 Å². The molecule has 0 heterocycles. The van der Waals surface area contributed by atoms with Crippen molar-refractivity contribution in [3.63, 3.8) is 0 Å². The Balaban J connectivity index is 2.03. The highest BCUT2D eigenvalue weighted by Gasteiger charge is 2.12. The number of carboxylic acid groups (broad SMARTS) is 1. The monoisotopic (exact) mass is 390 g/mol. The zero-order valence-electron chi connectivity index (χ0n) is 16.6. The molecule has 0 aliphatic rings. The van der Waals surface area contributed by atoms with E-state index in [4.69, 9.17) is 14.6 Å². The van der Waals surface area contributed by atoms with Crippen molar-refractivity contribution in [3.05, 3.63) is 82.4 Å². The topological polar surface area (TPSA) is 72.8 Å². The number of ether oxygens (including phenoxy) is 2. The van der Waals surface area contributed by atoms with Gasteiger partial charge in [-0.1, -0.05) is 36.4 Å². The van der Waals surface area contributed by atoms with Crippen LogP contribution >= 0.6 is 0 Å². The first kappa shape index (κ1) is 20.1. The number of fused-ring (bicyclic) bond motifs is 1. The molecule has 0 aromatic heterocycles. The molecule has 0 spiro atoms. The Hall–Kier alpha value is -3.60. The standard InChI is InChI=1S/C24H22O5/c1-15(23(25)26)11-16-7-8-17-5-4-6-18(21(17)12-16)13-19-9-10-20(24(27)29-3)14-22(19)28-2/h4-12,14H,13H2,1-3H3,(H,25,26)/b15-11-. The van der Waals surface area contributed by atoms with Crippen LogP contribution in [-0.4, -0.2) is 31.3 Å². The van der Waals surface area contributed by atoms with E-state index >= 15 is 0 Å². The molecular formula is C24H22O5. The molecule has 5 heteroatoms. The molecule has 0 aliphatic heterocycles. The van der Waals surface area contributed by atoms with Gasteiger partial charge in [0.1, 0.15) is 5.75 Å². The number of aliphatic carboxylic acids is 1. The smallest absolute Gasteiger partial charge is 0.337 e. The lowest BCUT2D eigenvalue weighted by Gasteiger charge is -2.12. The molecule has 3 rings (SSSR count). The number of esters is 1. The van der Waals surface area contributed by atoms with E-state index in [0.29, 0.717) is 17.7 Å². The van der Waals surface area contributed by atoms with E-state index in [1.165, 1.54) is 7.11 Å². The van der Waals surface area contributed by atoms with Gasteiger partial charge in [0.25, 0.3) is 0 Å². The number of carboxylic acids is 1. The first-order chi connectivity index (χ1) is 13.9. The van der Waals surface area contributed by atoms with E-state index in [1.54, 1.807) is 32.2 Å². The van der Waals surface area contributed by atoms with Gasteiger partial charge in [-0.2, -0.15) is 0 Å². The molecule has 3 aromatic rings. The summed E-state index contributed by atoms with van der Waals surface area (Å²) in [5, 5.41) is 11.2. The van der Waals surface area contributed by atoms with Crippen molar-refractivity contribution in [1.29, 1.82) is 0 Å². The first-order valence-electron chi connectivity index (χ1n) is 9.11. The first-order valence-corrected chi connectivity index (χ1v) is 9.11. The molecule has 0 saturated heterocycles. The minimum atomic E-state index is -0.936. The number of hydrogen-bond acceptors (Lipinski definition) is 4. The molecule has 0 saturated carbocycles. The van der Waals surface area contributed by atoms with Gasteiger partial charge in [0.05, 0.1) is 19.8 Å². The summed E-state index contributed by atoms with van der Waals surface area (Å²) < 4.78 is 10.3. The fourth-order valence-electron chi connectivity index (χ4n) is 3.25. The maximum atomic E-state index is 11.8. The van der Waals surface area contributed by atoms with Gasteiger partial charge in [-0.15, -0.1) is 0 Å². The lowest BCUT2D eigenvalue weighted by atomic mass is 9.95. The minimum absolute atomic E-state index is 0.280. The van der Waals surface area contributed by atoms with E-state index in [-0.39, 0.29) is 5.57 Å². The van der Waals surface area contributed by atoms with Crippen LogP contribution in [-0.2, 0) is 16.0 Å². The molecule has 0 radical (unpaired) electrons. The highest BCUT2D eigenvalue weighted by molar-refractivity contribution is 5.94. The SMILES string of the molecule is COC(=O)c1ccc(Cc2cccc3ccc(/C=C(/C)C(=O)O)cc23)c(OC)c1. The summed E-state index contributed by atoms with van der Waals surface area (Å²) in [6.45, 7) is 1.58. The van der Waals surface area contributed by atoms with E-state index in [0.717, 1.165) is 27.5 Å². The summed E-state index contributed by atoms with van der Waals surface area (Å²) in [7, 11) is 2.91. The zero-order valence-corrected chi connectivity index (χ0v) is 16.6. The largest absolute Gasteiger partial charge is 0.496 e. The predicted octanol–water partition coefficient (Wildman–Crippen LogP) is 4.71. The molecule has 1 N–H and O–H groups in total. The van der Waals surface area contributed by atoms with Crippen molar-refractivity contribution in [1.82, 2.24) is 0 Å². The van der Waals surface area contributed by atoms with Gasteiger partial charge in [0, 0.05) is 12.0 Å². The predicted molar refractivity (Wildman–Crippen MR) is 112 cm³/mol. The molecule has 0 fully saturated rings. The number of hydrogen-bond donors (Lipinski definition) is 1. The van der Waals surface area contributed by atoms with Crippen LogP contribution in [0.1, 0.15) is 34.0 Å². The Morgan fingerprint density at radius 2 is 1.79 bits per heavy atom. The third-order valence-electron chi connectivity index (χ3n) is 4.81. The average Bonchev–Trinajstić information content (AvgIpc) is 2.73. The van der Waals surface area contributed by atoms with Crippen LogP contribution in [0.2, 0.25) is 0 Å². The second kappa shape index (κ2) is 8.61. The minimum Gasteiger partial charge on any atom is -0.496 e. The Morgan fingerprint density at radius 1 is 1.00 bits per heavy atom. The molecule has 0 bridgehead atoms. The number of rotatable bonds is 6. The fourth-order valence-corrected chi connectivity index (χ4v) is 3.25. The second-order valence-corrected chi connectivity index (χ2v) is 6.73. The van der Waals surface area contributed by atoms with Gasteiger partial charge in [-0.25, -0.2) is 9.59 Å². The van der Waals surface area contributed by atoms with Crippen molar-refractivity contribution in [3.8, 4) is 5.75 Å². The second-order valence-electron chi connectivity index (χ2n) is 6.73. The van der Waals surface area contributed by atoms with Gasteiger partial charge < -0.3 is 14.6 Å². The maximum absolute atomic E-state index is 11.8. The molecule has 3 aromatic carbocycles. The van der Waals surface area contributed by atoms with Crippen LogP contribution in [0.15, 0.2) is 60.2 Å². The highest BCUT2D eigenvalue weighted by Crippen LogP contribution is 2.28. The lowest BCUT2D eigenvalue weighted by Crippen LogP contribution is -2.03. The number of carbonyl (C=O) groups excluding carboxylic acids is 1. The molecule has 0 unspecified atom stereocenters. The maximum Gasteiger partial charge on any atom is 0.337 e. The van der Waals surface area contributed by atoms with Crippen molar-refractivity contribution in [2.24, 2.45) is 0 Å². The van der Waals surface area contributed by atoms with E-state index in [1.807, 2.05) is 42.5 Å². The van der Waals surface area contributed by atoms with Crippen molar-refractivity contribution < 1.29 is 24.2 Å². The summed E-state index contributed by atoms with van der Waals surface area (Å²) in [6.07, 6.45) is 2.26. The van der Waals surface area contributed by atoms with Gasteiger partial charge in [-0.05, 0) is 58.7 Å². The molecule has 5 nitrogen and oxygen atoms in total. The van der Waals surface area contributed by atoms with E-state index < -0.39 is 11.9 Å². The Kier molecular flexibility index (Phi) is 5.98. The molecule has 29 heavy (non-hydrogen) atoms. The van der Waals surface area contributed by atoms with Crippen LogP contribution in [0.5, 0.6) is 5.75 Å². The highest BCUT2D eigenvalue weighted by atomic mass is 16.5. The molecule has 0 amide bonds. The number of benzene rings is 3. The van der Waals surface area contributed by atoms with Crippen LogP contribution in [0, 0.1) is 0 Å². The number of methoxy groups -OCH3 is 2. The summed E-state index contributed by atoms with van der Waals surface area (Å²) in [5.41, 5.74) is 3.56. The van der Waals surface area contributed by atoms with E-state index in [2.05, 4.69) is 0 Å². The fraction of sp³-hybridized carbons (Fsp3) is 0.167. The molecule has 148 valence electrons. The third-order valence-corrected chi connectivity index (χ3v) is 4.81. The van der Waals surface area contributed by atoms with E-state index in [9.17, 15) is 9.59 Å². The van der Waals surface area contributed by atoms with Crippen LogP contribution < -0.4 is 4.74 Å². The summed E-state index contributed by atoms with van der Waals surface area (Å²) in [6, 6.07) is 17.2. The lowest BCUT2D eigenvalue weighted by molar-refractivity contribution is -0.132. The summed E-state index contributed by atoms with van der Waals surface area (Å²) in [4.78, 5) is 22.9. The van der Waals surface area contributed by atoms with Crippen LogP contribution in [0.4, 0.5) is 0 Å². The molecule has 0 aliphatic carbocycles. The van der Waals surface area contributed by atoms with Crippen molar-refractivity contribution >= 4 is 28.8 Å². The Bertz CT molecular complexity index is 1110. The normalized spacial score (nSPS) is 11.3. The van der Waals surface area contributed by atoms with Gasteiger partial charge in [-0.3, -0.25) is 0 Å². The number of carbonyl (C=O) groups is 2. The van der Waals surface area contributed by atoms with Gasteiger partial charge in [0.2, 0.25) is 0 Å². The quantitative estimate of drug-likeness (QED) is 0.487. The molecule has 0 atom stereocenters.